The average Bonchev–Trinajstić information content (AvgIpc) is 2.56. The minimum absolute atomic E-state index is 0.104. The van der Waals surface area contributed by atoms with Crippen molar-refractivity contribution in [2.45, 2.75) is 20.8 Å². The number of aromatic nitrogens is 2. The molecule has 0 fully saturated rings. The fraction of sp³-hybridized carbons (Fsp3) is 0.211. The van der Waals surface area contributed by atoms with Crippen molar-refractivity contribution in [3.05, 3.63) is 59.4 Å². The first-order valence-electron chi connectivity index (χ1n) is 7.76. The summed E-state index contributed by atoms with van der Waals surface area (Å²) in [4.78, 5) is 20.8. The van der Waals surface area contributed by atoms with E-state index in [1.165, 1.54) is 5.56 Å². The smallest absolute Gasteiger partial charge is 0.262 e. The fourth-order valence-corrected chi connectivity index (χ4v) is 2.42. The standard InChI is InChI=1S/C19H19N3O2/c1-12-8-9-15(10-13(12)2)22-18(23)11-24-19-16-6-4-5-7-17(16)20-14(3)21-19/h4-10H,11H2,1-3H3,(H,22,23). The number of benzene rings is 2. The number of hydrogen-bond donors (Lipinski definition) is 1. The number of carbonyl (C=O) groups is 1. The van der Waals surface area contributed by atoms with Crippen LogP contribution >= 0.6 is 0 Å². The third-order valence-electron chi connectivity index (χ3n) is 3.81. The molecule has 5 nitrogen and oxygen atoms in total. The number of nitrogens with one attached hydrogen (secondary N) is 1. The molecule has 0 aliphatic heterocycles. The third kappa shape index (κ3) is 3.51. The van der Waals surface area contributed by atoms with Gasteiger partial charge >= 0.3 is 0 Å². The van der Waals surface area contributed by atoms with Gasteiger partial charge in [0.2, 0.25) is 5.88 Å². The van der Waals surface area contributed by atoms with Gasteiger partial charge in [0.1, 0.15) is 5.82 Å². The SMILES string of the molecule is Cc1nc(OCC(=O)Nc2ccc(C)c(C)c2)c2ccccc2n1. The number of ether oxygens (including phenoxy) is 1. The van der Waals surface area contributed by atoms with E-state index >= 15 is 0 Å². The number of nitrogens with zero attached hydrogens (tertiary/aromatic N) is 2. The van der Waals surface area contributed by atoms with Gasteiger partial charge in [-0.05, 0) is 56.2 Å². The van der Waals surface area contributed by atoms with Crippen LogP contribution in [0.15, 0.2) is 42.5 Å². The molecule has 5 heteroatoms. The summed E-state index contributed by atoms with van der Waals surface area (Å²) in [6.07, 6.45) is 0. The normalized spacial score (nSPS) is 10.6. The van der Waals surface area contributed by atoms with E-state index in [1.807, 2.05) is 56.3 Å². The van der Waals surface area contributed by atoms with E-state index in [9.17, 15) is 4.79 Å². The number of carbonyl (C=O) groups excluding carboxylic acids is 1. The number of fused-ring (bicyclic) bond motifs is 1. The zero-order chi connectivity index (χ0) is 17.1. The van der Waals surface area contributed by atoms with Gasteiger partial charge in [0.15, 0.2) is 6.61 Å². The molecule has 2 aromatic carbocycles. The second-order valence-electron chi connectivity index (χ2n) is 5.73. The van der Waals surface area contributed by atoms with Crippen molar-refractivity contribution >= 4 is 22.5 Å². The van der Waals surface area contributed by atoms with Crippen LogP contribution in [0.5, 0.6) is 5.88 Å². The van der Waals surface area contributed by atoms with E-state index in [2.05, 4.69) is 15.3 Å². The summed E-state index contributed by atoms with van der Waals surface area (Å²) in [6, 6.07) is 13.4. The summed E-state index contributed by atoms with van der Waals surface area (Å²) in [5, 5.41) is 3.63. The van der Waals surface area contributed by atoms with Crippen molar-refractivity contribution in [3.8, 4) is 5.88 Å². The molecule has 3 aromatic rings. The van der Waals surface area contributed by atoms with Gasteiger partial charge in [-0.3, -0.25) is 4.79 Å². The highest BCUT2D eigenvalue weighted by molar-refractivity contribution is 5.92. The fourth-order valence-electron chi connectivity index (χ4n) is 2.42. The number of anilines is 1. The Morgan fingerprint density at radius 3 is 2.62 bits per heavy atom. The topological polar surface area (TPSA) is 64.1 Å². The second kappa shape index (κ2) is 6.66. The van der Waals surface area contributed by atoms with E-state index < -0.39 is 0 Å². The first-order chi connectivity index (χ1) is 11.5. The van der Waals surface area contributed by atoms with Crippen LogP contribution in [0.25, 0.3) is 10.9 Å². The molecular formula is C19H19N3O2. The Morgan fingerprint density at radius 2 is 1.83 bits per heavy atom. The van der Waals surface area contributed by atoms with Crippen molar-refractivity contribution in [2.24, 2.45) is 0 Å². The Balaban J connectivity index is 1.71. The molecule has 0 bridgehead atoms. The Morgan fingerprint density at radius 1 is 1.04 bits per heavy atom. The van der Waals surface area contributed by atoms with E-state index in [0.29, 0.717) is 11.7 Å². The maximum atomic E-state index is 12.1. The molecule has 0 radical (unpaired) electrons. The molecule has 3 rings (SSSR count). The van der Waals surface area contributed by atoms with Gasteiger partial charge in [-0.15, -0.1) is 0 Å². The van der Waals surface area contributed by atoms with Crippen molar-refractivity contribution in [2.75, 3.05) is 11.9 Å². The monoisotopic (exact) mass is 321 g/mol. The van der Waals surface area contributed by atoms with Gasteiger partial charge in [0.05, 0.1) is 10.9 Å². The molecule has 1 N–H and O–H groups in total. The molecule has 0 saturated carbocycles. The minimum Gasteiger partial charge on any atom is -0.467 e. The molecule has 122 valence electrons. The first-order valence-corrected chi connectivity index (χ1v) is 7.76. The van der Waals surface area contributed by atoms with Crippen LogP contribution < -0.4 is 10.1 Å². The molecule has 1 amide bonds. The molecule has 24 heavy (non-hydrogen) atoms. The largest absolute Gasteiger partial charge is 0.467 e. The lowest BCUT2D eigenvalue weighted by atomic mass is 10.1. The van der Waals surface area contributed by atoms with Crippen LogP contribution in [0.2, 0.25) is 0 Å². The van der Waals surface area contributed by atoms with Crippen LogP contribution in [-0.2, 0) is 4.79 Å². The van der Waals surface area contributed by atoms with Crippen LogP contribution in [0.3, 0.4) is 0 Å². The summed E-state index contributed by atoms with van der Waals surface area (Å²) in [5.41, 5.74) is 3.88. The number of rotatable bonds is 4. The molecule has 0 unspecified atom stereocenters. The number of amides is 1. The molecule has 0 saturated heterocycles. The molecule has 0 spiro atoms. The highest BCUT2D eigenvalue weighted by Crippen LogP contribution is 2.22. The van der Waals surface area contributed by atoms with Gasteiger partial charge in [-0.2, -0.15) is 4.98 Å². The predicted octanol–water partition coefficient (Wildman–Crippen LogP) is 3.57. The lowest BCUT2D eigenvalue weighted by Crippen LogP contribution is -2.20. The molecule has 1 aromatic heterocycles. The highest BCUT2D eigenvalue weighted by atomic mass is 16.5. The van der Waals surface area contributed by atoms with Gasteiger partial charge < -0.3 is 10.1 Å². The summed E-state index contributed by atoms with van der Waals surface area (Å²) in [6.45, 7) is 5.74. The first kappa shape index (κ1) is 15.9. The molecule has 1 heterocycles. The number of hydrogen-bond acceptors (Lipinski definition) is 4. The Hall–Kier alpha value is -2.95. The molecule has 0 aliphatic rings. The number of para-hydroxylation sites is 1. The zero-order valence-electron chi connectivity index (χ0n) is 14.0. The van der Waals surface area contributed by atoms with Crippen molar-refractivity contribution in [1.29, 1.82) is 0 Å². The van der Waals surface area contributed by atoms with Gasteiger partial charge in [0, 0.05) is 5.69 Å². The minimum atomic E-state index is -0.224. The highest BCUT2D eigenvalue weighted by Gasteiger charge is 2.09. The summed E-state index contributed by atoms with van der Waals surface area (Å²) in [7, 11) is 0. The molecule has 0 atom stereocenters. The molecular weight excluding hydrogens is 302 g/mol. The maximum Gasteiger partial charge on any atom is 0.262 e. The zero-order valence-corrected chi connectivity index (χ0v) is 14.0. The Kier molecular flexibility index (Phi) is 4.42. The van der Waals surface area contributed by atoms with Crippen molar-refractivity contribution in [1.82, 2.24) is 9.97 Å². The van der Waals surface area contributed by atoms with E-state index in [0.717, 1.165) is 22.2 Å². The summed E-state index contributed by atoms with van der Waals surface area (Å²) in [5.74, 6) is 0.810. The lowest BCUT2D eigenvalue weighted by molar-refractivity contribution is -0.118. The van der Waals surface area contributed by atoms with Gasteiger partial charge in [0.25, 0.3) is 5.91 Å². The third-order valence-corrected chi connectivity index (χ3v) is 3.81. The van der Waals surface area contributed by atoms with E-state index in [1.54, 1.807) is 6.92 Å². The van der Waals surface area contributed by atoms with Crippen molar-refractivity contribution in [3.63, 3.8) is 0 Å². The van der Waals surface area contributed by atoms with E-state index in [4.69, 9.17) is 4.74 Å². The predicted molar refractivity (Wildman–Crippen MR) is 94.3 cm³/mol. The lowest BCUT2D eigenvalue weighted by Gasteiger charge is -2.10. The Bertz CT molecular complexity index is 906. The average molecular weight is 321 g/mol. The molecule has 0 aliphatic carbocycles. The Labute approximate surface area is 140 Å². The number of aryl methyl sites for hydroxylation is 3. The van der Waals surface area contributed by atoms with Crippen LogP contribution in [0, 0.1) is 20.8 Å². The van der Waals surface area contributed by atoms with Crippen molar-refractivity contribution < 1.29 is 9.53 Å². The van der Waals surface area contributed by atoms with E-state index in [-0.39, 0.29) is 12.5 Å². The second-order valence-corrected chi connectivity index (χ2v) is 5.73. The van der Waals surface area contributed by atoms with Crippen LogP contribution in [0.4, 0.5) is 5.69 Å². The van der Waals surface area contributed by atoms with Crippen LogP contribution in [0.1, 0.15) is 17.0 Å². The van der Waals surface area contributed by atoms with Gasteiger partial charge in [-0.1, -0.05) is 18.2 Å². The maximum absolute atomic E-state index is 12.1. The van der Waals surface area contributed by atoms with Crippen LogP contribution in [-0.4, -0.2) is 22.5 Å². The quantitative estimate of drug-likeness (QED) is 0.798. The summed E-state index contributed by atoms with van der Waals surface area (Å²) >= 11 is 0. The summed E-state index contributed by atoms with van der Waals surface area (Å²) < 4.78 is 5.62. The van der Waals surface area contributed by atoms with Gasteiger partial charge in [-0.25, -0.2) is 4.98 Å².